The minimum Gasteiger partial charge on any atom is -0.508 e. The summed E-state index contributed by atoms with van der Waals surface area (Å²) in [6, 6.07) is 17.9. The summed E-state index contributed by atoms with van der Waals surface area (Å²) in [7, 11) is 0. The lowest BCUT2D eigenvalue weighted by atomic mass is 9.97. The smallest absolute Gasteiger partial charge is 0.147 e. The molecule has 0 amide bonds. The highest BCUT2D eigenvalue weighted by Gasteiger charge is 2.20. The monoisotopic (exact) mass is 343 g/mol. The zero-order valence-corrected chi connectivity index (χ0v) is 13.9. The fourth-order valence-corrected chi connectivity index (χ4v) is 2.99. The van der Waals surface area contributed by atoms with E-state index in [4.69, 9.17) is 0 Å². The number of pyridine rings is 2. The van der Waals surface area contributed by atoms with Crippen molar-refractivity contribution < 1.29 is 10.2 Å². The quantitative estimate of drug-likeness (QED) is 0.483. The van der Waals surface area contributed by atoms with Gasteiger partial charge in [0.1, 0.15) is 17.0 Å². The van der Waals surface area contributed by atoms with Crippen molar-refractivity contribution in [2.45, 2.75) is 6.04 Å². The van der Waals surface area contributed by atoms with E-state index in [-0.39, 0.29) is 17.5 Å². The lowest BCUT2D eigenvalue weighted by Crippen LogP contribution is -2.13. The van der Waals surface area contributed by atoms with E-state index in [9.17, 15) is 10.2 Å². The van der Waals surface area contributed by atoms with Crippen molar-refractivity contribution in [3.8, 4) is 11.5 Å². The van der Waals surface area contributed by atoms with Gasteiger partial charge >= 0.3 is 0 Å². The second-order valence-corrected chi connectivity index (χ2v) is 5.99. The number of aromatic nitrogens is 2. The first kappa shape index (κ1) is 15.9. The topological polar surface area (TPSA) is 78.3 Å². The van der Waals surface area contributed by atoms with Crippen LogP contribution < -0.4 is 5.32 Å². The zero-order chi connectivity index (χ0) is 17.9. The van der Waals surface area contributed by atoms with Gasteiger partial charge in [0, 0.05) is 35.2 Å². The Morgan fingerprint density at radius 3 is 2.42 bits per heavy atom. The van der Waals surface area contributed by atoms with Crippen LogP contribution in [0.4, 0.5) is 5.69 Å². The summed E-state index contributed by atoms with van der Waals surface area (Å²) in [4.78, 5) is 8.51. The number of nitrogens with one attached hydrogen (secondary N) is 1. The Bertz CT molecular complexity index is 1030. The maximum Gasteiger partial charge on any atom is 0.147 e. The first-order valence-corrected chi connectivity index (χ1v) is 8.24. The summed E-state index contributed by atoms with van der Waals surface area (Å²) in [5.74, 6) is 0.342. The van der Waals surface area contributed by atoms with Gasteiger partial charge < -0.3 is 15.5 Å². The van der Waals surface area contributed by atoms with Gasteiger partial charge in [-0.1, -0.05) is 24.3 Å². The highest BCUT2D eigenvalue weighted by molar-refractivity contribution is 5.86. The number of rotatable bonds is 4. The molecule has 4 rings (SSSR count). The summed E-state index contributed by atoms with van der Waals surface area (Å²) < 4.78 is 0. The second-order valence-electron chi connectivity index (χ2n) is 5.99. The van der Waals surface area contributed by atoms with Gasteiger partial charge in [0.2, 0.25) is 0 Å². The maximum absolute atomic E-state index is 10.8. The van der Waals surface area contributed by atoms with E-state index in [1.165, 1.54) is 0 Å². The Kier molecular flexibility index (Phi) is 4.11. The molecule has 3 N–H and O–H groups in total. The van der Waals surface area contributed by atoms with Gasteiger partial charge in [-0.3, -0.25) is 9.97 Å². The second kappa shape index (κ2) is 6.72. The number of aromatic hydroxyl groups is 2. The van der Waals surface area contributed by atoms with Crippen molar-refractivity contribution in [2.75, 3.05) is 5.32 Å². The first-order chi connectivity index (χ1) is 12.7. The minimum absolute atomic E-state index is 0.142. The lowest BCUT2D eigenvalue weighted by molar-refractivity contribution is 0.471. The highest BCUT2D eigenvalue weighted by atomic mass is 16.3. The Labute approximate surface area is 150 Å². The van der Waals surface area contributed by atoms with Crippen LogP contribution in [-0.2, 0) is 0 Å². The number of hydrogen-bond acceptors (Lipinski definition) is 5. The molecule has 0 aliphatic carbocycles. The molecule has 0 radical (unpaired) electrons. The molecule has 0 aliphatic heterocycles. The van der Waals surface area contributed by atoms with Crippen LogP contribution in [-0.4, -0.2) is 20.2 Å². The van der Waals surface area contributed by atoms with E-state index in [0.717, 1.165) is 16.6 Å². The van der Waals surface area contributed by atoms with E-state index in [1.807, 2.05) is 36.4 Å². The Morgan fingerprint density at radius 1 is 0.846 bits per heavy atom. The van der Waals surface area contributed by atoms with Gasteiger partial charge in [-0.2, -0.15) is 0 Å². The third kappa shape index (κ3) is 3.02. The van der Waals surface area contributed by atoms with Crippen LogP contribution in [0.25, 0.3) is 10.9 Å². The van der Waals surface area contributed by atoms with Gasteiger partial charge in [-0.15, -0.1) is 0 Å². The molecule has 1 unspecified atom stereocenters. The van der Waals surface area contributed by atoms with E-state index < -0.39 is 0 Å². The van der Waals surface area contributed by atoms with Gasteiger partial charge in [-0.25, -0.2) is 0 Å². The van der Waals surface area contributed by atoms with E-state index >= 15 is 0 Å². The van der Waals surface area contributed by atoms with Gasteiger partial charge in [0.25, 0.3) is 0 Å². The SMILES string of the molecule is Oc1ccc(NC(c2cccnc2)c2ccc3cccnc3c2O)cc1. The Hall–Kier alpha value is -3.60. The molecule has 0 aliphatic rings. The normalized spacial score (nSPS) is 12.0. The van der Waals surface area contributed by atoms with Crippen molar-refractivity contribution in [3.05, 3.63) is 90.4 Å². The lowest BCUT2D eigenvalue weighted by Gasteiger charge is -2.22. The highest BCUT2D eigenvalue weighted by Crippen LogP contribution is 2.36. The van der Waals surface area contributed by atoms with Gasteiger partial charge in [-0.05, 0) is 42.0 Å². The molecule has 4 aromatic rings. The minimum atomic E-state index is -0.320. The molecule has 0 spiro atoms. The molecule has 1 atom stereocenters. The molecule has 0 fully saturated rings. The average molecular weight is 343 g/mol. The summed E-state index contributed by atoms with van der Waals surface area (Å²) >= 11 is 0. The summed E-state index contributed by atoms with van der Waals surface area (Å²) in [5.41, 5.74) is 2.99. The molecule has 2 aromatic carbocycles. The molecule has 2 aromatic heterocycles. The van der Waals surface area contributed by atoms with Gasteiger partial charge in [0.05, 0.1) is 6.04 Å². The van der Waals surface area contributed by atoms with E-state index in [2.05, 4.69) is 15.3 Å². The number of nitrogens with zero attached hydrogens (tertiary/aromatic N) is 2. The van der Waals surface area contributed by atoms with E-state index in [1.54, 1.807) is 42.9 Å². The molecule has 26 heavy (non-hydrogen) atoms. The van der Waals surface area contributed by atoms with Crippen LogP contribution >= 0.6 is 0 Å². The number of anilines is 1. The summed E-state index contributed by atoms with van der Waals surface area (Å²) in [6.07, 6.45) is 5.14. The summed E-state index contributed by atoms with van der Waals surface area (Å²) in [6.45, 7) is 0. The van der Waals surface area contributed by atoms with Gasteiger partial charge in [0.15, 0.2) is 0 Å². The van der Waals surface area contributed by atoms with Crippen molar-refractivity contribution in [3.63, 3.8) is 0 Å². The van der Waals surface area contributed by atoms with Crippen molar-refractivity contribution in [1.82, 2.24) is 9.97 Å². The standard InChI is InChI=1S/C21H17N3O2/c25-17-8-6-16(7-9-17)24-19(15-4-1-11-22-13-15)18-10-5-14-3-2-12-23-20(14)21(18)26/h1-13,19,24-26H. The predicted octanol–water partition coefficient (Wildman–Crippen LogP) is 4.24. The number of fused-ring (bicyclic) bond motifs is 1. The molecular weight excluding hydrogens is 326 g/mol. The predicted molar refractivity (Wildman–Crippen MR) is 101 cm³/mol. The summed E-state index contributed by atoms with van der Waals surface area (Å²) in [5, 5.41) is 24.6. The zero-order valence-electron chi connectivity index (χ0n) is 13.9. The maximum atomic E-state index is 10.8. The van der Waals surface area contributed by atoms with Crippen LogP contribution in [0.2, 0.25) is 0 Å². The molecule has 5 nitrogen and oxygen atoms in total. The largest absolute Gasteiger partial charge is 0.508 e. The molecule has 2 heterocycles. The molecule has 128 valence electrons. The Balaban J connectivity index is 1.83. The van der Waals surface area contributed by atoms with Crippen molar-refractivity contribution >= 4 is 16.6 Å². The molecule has 0 saturated heterocycles. The van der Waals surface area contributed by atoms with Crippen molar-refractivity contribution in [2.24, 2.45) is 0 Å². The molecule has 0 saturated carbocycles. The van der Waals surface area contributed by atoms with Crippen LogP contribution in [0.15, 0.2) is 79.3 Å². The third-order valence-electron chi connectivity index (χ3n) is 4.29. The fraction of sp³-hybridized carbons (Fsp3) is 0.0476. The van der Waals surface area contributed by atoms with Crippen LogP contribution in [0.1, 0.15) is 17.2 Å². The molecular formula is C21H17N3O2. The number of benzene rings is 2. The third-order valence-corrected chi connectivity index (χ3v) is 4.29. The number of phenols is 2. The molecule has 5 heteroatoms. The fourth-order valence-electron chi connectivity index (χ4n) is 2.99. The van der Waals surface area contributed by atoms with E-state index in [0.29, 0.717) is 11.1 Å². The van der Waals surface area contributed by atoms with Crippen LogP contribution in [0.3, 0.4) is 0 Å². The first-order valence-electron chi connectivity index (χ1n) is 8.24. The molecule has 0 bridgehead atoms. The Morgan fingerprint density at radius 2 is 1.65 bits per heavy atom. The van der Waals surface area contributed by atoms with Crippen LogP contribution in [0, 0.1) is 0 Å². The number of hydrogen-bond donors (Lipinski definition) is 3. The van der Waals surface area contributed by atoms with Crippen LogP contribution in [0.5, 0.6) is 11.5 Å². The van der Waals surface area contributed by atoms with Crippen molar-refractivity contribution in [1.29, 1.82) is 0 Å². The number of phenolic OH excluding ortho intramolecular Hbond substituents is 2. The average Bonchev–Trinajstić information content (AvgIpc) is 2.69.